The average Bonchev–Trinajstić information content (AvgIpc) is 3.66. The van der Waals surface area contributed by atoms with Gasteiger partial charge in [-0.3, -0.25) is 0 Å². The normalized spacial score (nSPS) is 12.1. The van der Waals surface area contributed by atoms with Crippen LogP contribution in [0.25, 0.3) is 77.5 Å². The Morgan fingerprint density at radius 2 is 1.57 bits per heavy atom. The third-order valence-corrected chi connectivity index (χ3v) is 7.99. The smallest absolute Gasteiger partial charge is 0.160 e. The fraction of sp³-hybridized carbons (Fsp3) is 0. The first-order valence-corrected chi connectivity index (χ1v) is 13.9. The van der Waals surface area contributed by atoms with Crippen LogP contribution >= 0.6 is 0 Å². The molecule has 0 atom stereocenters. The topological polar surface area (TPSA) is 43.9 Å². The Morgan fingerprint density at radius 1 is 0.714 bits per heavy atom. The lowest BCUT2D eigenvalue weighted by atomic mass is 10.0. The van der Waals surface area contributed by atoms with Crippen LogP contribution in [-0.2, 0) is 0 Å². The number of aromatic nitrogens is 3. The van der Waals surface area contributed by atoms with Crippen molar-refractivity contribution in [3.8, 4) is 28.3 Å². The highest BCUT2D eigenvalue weighted by molar-refractivity contribution is 6.29. The predicted molar refractivity (Wildman–Crippen MR) is 174 cm³/mol. The van der Waals surface area contributed by atoms with Crippen molar-refractivity contribution >= 4 is 49.1 Å². The Hall–Kier alpha value is -5.74. The SMILES string of the molecule is C=C/C=C(\C=C)c1cc(-c2ccccc2)nc(-c2ccc(-n3c4cccc5ccc6c7occc7cc3c6c54)cc2)n1. The van der Waals surface area contributed by atoms with Gasteiger partial charge in [0.25, 0.3) is 0 Å². The predicted octanol–water partition coefficient (Wildman–Crippen LogP) is 10.0. The van der Waals surface area contributed by atoms with E-state index < -0.39 is 0 Å². The van der Waals surface area contributed by atoms with Crippen LogP contribution in [-0.4, -0.2) is 14.5 Å². The summed E-state index contributed by atoms with van der Waals surface area (Å²) < 4.78 is 8.25. The maximum Gasteiger partial charge on any atom is 0.160 e. The average molecular weight is 540 g/mol. The third kappa shape index (κ3) is 3.62. The molecule has 0 radical (unpaired) electrons. The Kier molecular flexibility index (Phi) is 5.41. The minimum Gasteiger partial charge on any atom is -0.464 e. The van der Waals surface area contributed by atoms with Gasteiger partial charge in [0.1, 0.15) is 5.58 Å². The molecule has 0 spiro atoms. The summed E-state index contributed by atoms with van der Waals surface area (Å²) in [7, 11) is 0. The molecule has 3 aromatic heterocycles. The molecular weight excluding hydrogens is 514 g/mol. The summed E-state index contributed by atoms with van der Waals surface area (Å²) in [6.45, 7) is 7.85. The van der Waals surface area contributed by atoms with Gasteiger partial charge in [-0.25, -0.2) is 9.97 Å². The molecule has 0 fully saturated rings. The van der Waals surface area contributed by atoms with E-state index in [0.29, 0.717) is 5.82 Å². The van der Waals surface area contributed by atoms with Crippen molar-refractivity contribution in [2.45, 2.75) is 0 Å². The summed E-state index contributed by atoms with van der Waals surface area (Å²) in [6, 6.07) is 35.8. The summed E-state index contributed by atoms with van der Waals surface area (Å²) in [4.78, 5) is 9.93. The molecule has 4 nitrogen and oxygen atoms in total. The molecule has 0 N–H and O–H groups in total. The lowest BCUT2D eigenvalue weighted by molar-refractivity contribution is 0.619. The van der Waals surface area contributed by atoms with Crippen LogP contribution in [0.15, 0.2) is 145 Å². The van der Waals surface area contributed by atoms with Crippen LogP contribution in [0.3, 0.4) is 0 Å². The Morgan fingerprint density at radius 3 is 2.38 bits per heavy atom. The highest BCUT2D eigenvalue weighted by Crippen LogP contribution is 2.42. The number of benzene rings is 5. The largest absolute Gasteiger partial charge is 0.464 e. The molecule has 8 aromatic rings. The first-order valence-electron chi connectivity index (χ1n) is 13.9. The van der Waals surface area contributed by atoms with Crippen LogP contribution in [0.2, 0.25) is 0 Å². The fourth-order valence-electron chi connectivity index (χ4n) is 6.08. The summed E-state index contributed by atoms with van der Waals surface area (Å²) in [5.41, 5.74) is 8.85. The van der Waals surface area contributed by atoms with Gasteiger partial charge in [0, 0.05) is 38.4 Å². The second-order valence-electron chi connectivity index (χ2n) is 10.4. The minimum atomic E-state index is 0.656. The van der Waals surface area contributed by atoms with Gasteiger partial charge >= 0.3 is 0 Å². The molecule has 0 aliphatic carbocycles. The number of furan rings is 1. The molecule has 5 aromatic carbocycles. The lowest BCUT2D eigenvalue weighted by Gasteiger charge is -2.11. The van der Waals surface area contributed by atoms with Gasteiger partial charge in [0.2, 0.25) is 0 Å². The number of hydrogen-bond acceptors (Lipinski definition) is 3. The zero-order valence-electron chi connectivity index (χ0n) is 22.8. The first-order chi connectivity index (χ1) is 20.7. The zero-order valence-corrected chi connectivity index (χ0v) is 22.8. The van der Waals surface area contributed by atoms with E-state index in [1.54, 1.807) is 18.4 Å². The van der Waals surface area contributed by atoms with Gasteiger partial charge in [-0.15, -0.1) is 0 Å². The molecule has 0 saturated carbocycles. The van der Waals surface area contributed by atoms with E-state index in [1.807, 2.05) is 36.4 Å². The second kappa shape index (κ2) is 9.43. The summed E-state index contributed by atoms with van der Waals surface area (Å²) >= 11 is 0. The number of allylic oxidation sites excluding steroid dienone is 4. The van der Waals surface area contributed by atoms with Crippen LogP contribution in [0.1, 0.15) is 5.69 Å². The first kappa shape index (κ1) is 24.1. The van der Waals surface area contributed by atoms with E-state index in [9.17, 15) is 0 Å². The van der Waals surface area contributed by atoms with Gasteiger partial charge in [0.15, 0.2) is 5.82 Å². The van der Waals surface area contributed by atoms with Gasteiger partial charge in [-0.1, -0.05) is 79.9 Å². The van der Waals surface area contributed by atoms with Crippen molar-refractivity contribution in [2.75, 3.05) is 0 Å². The Bertz CT molecular complexity index is 2320. The van der Waals surface area contributed by atoms with E-state index in [1.165, 1.54) is 21.7 Å². The minimum absolute atomic E-state index is 0.656. The standard InChI is InChI=1S/C38H25N3O/c1-3-9-24(4-2)31-23-32(25-10-6-5-7-11-25)40-38(39-31)27-14-17-29(18-15-27)41-33-13-8-12-26-16-19-30-36(35(26)33)34(41)22-28-20-21-42-37(28)30/h3-23H,1-2H2/b24-9+. The molecule has 198 valence electrons. The van der Waals surface area contributed by atoms with Crippen LogP contribution in [0, 0.1) is 0 Å². The van der Waals surface area contributed by atoms with Gasteiger partial charge in [0.05, 0.1) is 28.7 Å². The molecular formula is C38H25N3O. The van der Waals surface area contributed by atoms with Gasteiger partial charge in [-0.2, -0.15) is 0 Å². The number of nitrogens with zero attached hydrogens (tertiary/aromatic N) is 3. The van der Waals surface area contributed by atoms with E-state index >= 15 is 0 Å². The van der Waals surface area contributed by atoms with Crippen molar-refractivity contribution < 1.29 is 4.42 Å². The van der Waals surface area contributed by atoms with Crippen LogP contribution in [0.4, 0.5) is 0 Å². The van der Waals surface area contributed by atoms with E-state index in [4.69, 9.17) is 14.4 Å². The molecule has 42 heavy (non-hydrogen) atoms. The fourth-order valence-corrected chi connectivity index (χ4v) is 6.08. The molecule has 0 unspecified atom stereocenters. The summed E-state index contributed by atoms with van der Waals surface area (Å²) in [5.74, 6) is 0.656. The van der Waals surface area contributed by atoms with E-state index in [0.717, 1.165) is 55.6 Å². The molecule has 4 heteroatoms. The van der Waals surface area contributed by atoms with Gasteiger partial charge in [-0.05, 0) is 65.6 Å². The second-order valence-corrected chi connectivity index (χ2v) is 10.4. The van der Waals surface area contributed by atoms with Crippen molar-refractivity contribution in [1.82, 2.24) is 14.5 Å². The Balaban J connectivity index is 1.31. The molecule has 0 aliphatic heterocycles. The van der Waals surface area contributed by atoms with Crippen molar-refractivity contribution in [2.24, 2.45) is 0 Å². The number of fused-ring (bicyclic) bond motifs is 2. The third-order valence-electron chi connectivity index (χ3n) is 7.99. The van der Waals surface area contributed by atoms with Crippen LogP contribution in [0.5, 0.6) is 0 Å². The Labute approximate surface area is 242 Å². The zero-order chi connectivity index (χ0) is 28.2. The van der Waals surface area contributed by atoms with Crippen molar-refractivity contribution in [3.05, 3.63) is 146 Å². The highest BCUT2D eigenvalue weighted by atomic mass is 16.3. The van der Waals surface area contributed by atoms with Crippen molar-refractivity contribution in [3.63, 3.8) is 0 Å². The lowest BCUT2D eigenvalue weighted by Crippen LogP contribution is -1.98. The monoisotopic (exact) mass is 539 g/mol. The summed E-state index contributed by atoms with van der Waals surface area (Å²) in [5, 5.41) is 5.92. The number of hydrogen-bond donors (Lipinski definition) is 0. The molecule has 0 amide bonds. The van der Waals surface area contributed by atoms with E-state index in [2.05, 4.69) is 90.5 Å². The quantitative estimate of drug-likeness (QED) is 0.156. The molecule has 0 bridgehead atoms. The van der Waals surface area contributed by atoms with Gasteiger partial charge < -0.3 is 8.98 Å². The molecule has 3 heterocycles. The molecule has 8 rings (SSSR count). The molecule has 0 saturated heterocycles. The molecule has 0 aliphatic rings. The van der Waals surface area contributed by atoms with Crippen molar-refractivity contribution in [1.29, 1.82) is 0 Å². The van der Waals surface area contributed by atoms with E-state index in [-0.39, 0.29) is 0 Å². The summed E-state index contributed by atoms with van der Waals surface area (Å²) in [6.07, 6.45) is 7.24. The maximum atomic E-state index is 5.91. The highest BCUT2D eigenvalue weighted by Gasteiger charge is 2.20. The maximum absolute atomic E-state index is 5.91. The number of rotatable bonds is 6. The van der Waals surface area contributed by atoms with Crippen LogP contribution < -0.4 is 0 Å².